The van der Waals surface area contributed by atoms with Crippen LogP contribution >= 0.6 is 11.3 Å². The average Bonchev–Trinajstić information content (AvgIpc) is 3.05. The fraction of sp³-hybridized carbons (Fsp3) is 0.476. The fourth-order valence-electron chi connectivity index (χ4n) is 3.77. The molecule has 2 aromatic heterocycles. The van der Waals surface area contributed by atoms with Gasteiger partial charge in [0.15, 0.2) is 0 Å². The van der Waals surface area contributed by atoms with Crippen molar-refractivity contribution in [2.45, 2.75) is 38.5 Å². The van der Waals surface area contributed by atoms with Gasteiger partial charge < -0.3 is 10.2 Å². The predicted molar refractivity (Wildman–Crippen MR) is 109 cm³/mol. The number of pyridine rings is 1. The Hall–Kier alpha value is -2.39. The molecule has 1 fully saturated rings. The van der Waals surface area contributed by atoms with Crippen LogP contribution < -0.4 is 5.32 Å². The third-order valence-corrected chi connectivity index (χ3v) is 6.27. The third-order valence-electron chi connectivity index (χ3n) is 5.15. The lowest BCUT2D eigenvalue weighted by Gasteiger charge is -2.29. The van der Waals surface area contributed by atoms with Gasteiger partial charge in [-0.15, -0.1) is 11.3 Å². The van der Waals surface area contributed by atoms with Gasteiger partial charge in [-0.05, 0) is 62.0 Å². The molecule has 1 saturated carbocycles. The van der Waals surface area contributed by atoms with Crippen molar-refractivity contribution in [3.8, 4) is 11.8 Å². The van der Waals surface area contributed by atoms with E-state index in [-0.39, 0.29) is 11.8 Å². The number of nitrogens with one attached hydrogen (secondary N) is 1. The Labute approximate surface area is 164 Å². The first kappa shape index (κ1) is 19.4. The zero-order valence-electron chi connectivity index (χ0n) is 16.0. The Bertz CT molecular complexity index is 899. The maximum absolute atomic E-state index is 12.7. The molecule has 0 aromatic carbocycles. The van der Waals surface area contributed by atoms with Gasteiger partial charge in [-0.25, -0.2) is 4.98 Å². The molecular formula is C21H25N3O2S. The zero-order chi connectivity index (χ0) is 19.4. The lowest BCUT2D eigenvalue weighted by atomic mass is 9.78. The summed E-state index contributed by atoms with van der Waals surface area (Å²) in [4.78, 5) is 32.1. The topological polar surface area (TPSA) is 62.3 Å². The number of rotatable bonds is 4. The quantitative estimate of drug-likeness (QED) is 0.823. The molecule has 0 aliphatic heterocycles. The minimum atomic E-state index is -0.201. The summed E-state index contributed by atoms with van der Waals surface area (Å²) < 4.78 is 0. The van der Waals surface area contributed by atoms with Crippen molar-refractivity contribution in [1.82, 2.24) is 15.2 Å². The molecule has 0 unspecified atom stereocenters. The summed E-state index contributed by atoms with van der Waals surface area (Å²) in [7, 11) is 3.59. The number of thiophene rings is 1. The van der Waals surface area contributed by atoms with Crippen LogP contribution in [0.1, 0.15) is 53.8 Å². The second-order valence-electron chi connectivity index (χ2n) is 7.20. The number of fused-ring (bicyclic) bond motifs is 1. The van der Waals surface area contributed by atoms with Crippen LogP contribution in [0.25, 0.3) is 10.2 Å². The number of hydrogen-bond donors (Lipinski definition) is 1. The lowest BCUT2D eigenvalue weighted by molar-refractivity contribution is -0.115. The van der Waals surface area contributed by atoms with Gasteiger partial charge in [-0.3, -0.25) is 9.59 Å². The van der Waals surface area contributed by atoms with Crippen LogP contribution in [0.2, 0.25) is 0 Å². The Morgan fingerprint density at radius 2 is 2.04 bits per heavy atom. The molecule has 6 heteroatoms. The Morgan fingerprint density at radius 1 is 1.30 bits per heavy atom. The van der Waals surface area contributed by atoms with Gasteiger partial charge in [-0.2, -0.15) is 0 Å². The summed E-state index contributed by atoms with van der Waals surface area (Å²) in [5, 5.41) is 4.01. The highest BCUT2D eigenvalue weighted by Gasteiger charge is 2.30. The van der Waals surface area contributed by atoms with Gasteiger partial charge in [0, 0.05) is 32.2 Å². The monoisotopic (exact) mass is 383 g/mol. The van der Waals surface area contributed by atoms with Gasteiger partial charge in [0.2, 0.25) is 0 Å². The van der Waals surface area contributed by atoms with Crippen LogP contribution in [0.4, 0.5) is 0 Å². The van der Waals surface area contributed by atoms with Gasteiger partial charge >= 0.3 is 0 Å². The van der Waals surface area contributed by atoms with Crippen molar-refractivity contribution >= 4 is 33.4 Å². The molecule has 0 radical (unpaired) electrons. The van der Waals surface area contributed by atoms with Crippen LogP contribution in [-0.4, -0.2) is 42.3 Å². The number of carbonyl (C=O) groups is 2. The molecule has 5 nitrogen and oxygen atoms in total. The second kappa shape index (κ2) is 8.53. The maximum atomic E-state index is 12.7. The van der Waals surface area contributed by atoms with Crippen LogP contribution in [0.3, 0.4) is 0 Å². The highest BCUT2D eigenvalue weighted by atomic mass is 32.1. The van der Waals surface area contributed by atoms with Crippen molar-refractivity contribution in [1.29, 1.82) is 0 Å². The van der Waals surface area contributed by atoms with E-state index in [1.807, 2.05) is 6.07 Å². The van der Waals surface area contributed by atoms with Gasteiger partial charge in [0.25, 0.3) is 11.8 Å². The highest BCUT2D eigenvalue weighted by molar-refractivity contribution is 7.20. The molecule has 0 atom stereocenters. The van der Waals surface area contributed by atoms with E-state index in [2.05, 4.69) is 28.2 Å². The predicted octanol–water partition coefficient (Wildman–Crippen LogP) is 3.41. The fourth-order valence-corrected chi connectivity index (χ4v) is 5.02. The van der Waals surface area contributed by atoms with Crippen molar-refractivity contribution < 1.29 is 9.59 Å². The first-order chi connectivity index (χ1) is 13.0. The Balaban J connectivity index is 1.76. The molecule has 3 rings (SSSR count). The maximum Gasteiger partial charge on any atom is 0.295 e. The summed E-state index contributed by atoms with van der Waals surface area (Å²) >= 11 is 1.50. The van der Waals surface area contributed by atoms with Crippen molar-refractivity contribution in [2.75, 3.05) is 20.6 Å². The summed E-state index contributed by atoms with van der Waals surface area (Å²) in [6.07, 6.45) is 5.91. The van der Waals surface area contributed by atoms with Crippen molar-refractivity contribution in [2.24, 2.45) is 5.92 Å². The van der Waals surface area contributed by atoms with E-state index in [1.165, 1.54) is 16.9 Å². The third kappa shape index (κ3) is 4.30. The molecule has 2 aromatic rings. The number of aromatic nitrogens is 1. The minimum Gasteiger partial charge on any atom is -0.345 e. The van der Waals surface area contributed by atoms with E-state index in [0.29, 0.717) is 18.4 Å². The van der Waals surface area contributed by atoms with Crippen LogP contribution in [-0.2, 0) is 4.79 Å². The lowest BCUT2D eigenvalue weighted by Crippen LogP contribution is -2.30. The molecular weight excluding hydrogens is 358 g/mol. The molecule has 0 spiro atoms. The summed E-state index contributed by atoms with van der Waals surface area (Å²) in [6.45, 7) is 2.34. The van der Waals surface area contributed by atoms with E-state index < -0.39 is 0 Å². The van der Waals surface area contributed by atoms with E-state index in [0.717, 1.165) is 40.8 Å². The summed E-state index contributed by atoms with van der Waals surface area (Å²) in [6, 6.07) is 4.02. The van der Waals surface area contributed by atoms with E-state index in [1.54, 1.807) is 32.1 Å². The average molecular weight is 384 g/mol. The van der Waals surface area contributed by atoms with E-state index in [4.69, 9.17) is 0 Å². The van der Waals surface area contributed by atoms with E-state index in [9.17, 15) is 9.59 Å². The summed E-state index contributed by atoms with van der Waals surface area (Å²) in [5.74, 6) is 5.83. The molecule has 27 heavy (non-hydrogen) atoms. The van der Waals surface area contributed by atoms with Crippen LogP contribution in [0, 0.1) is 17.8 Å². The smallest absolute Gasteiger partial charge is 0.295 e. The number of hydrogen-bond acceptors (Lipinski definition) is 4. The Morgan fingerprint density at radius 3 is 2.70 bits per heavy atom. The van der Waals surface area contributed by atoms with E-state index >= 15 is 0 Å². The first-order valence-electron chi connectivity index (χ1n) is 9.31. The zero-order valence-corrected chi connectivity index (χ0v) is 16.9. The van der Waals surface area contributed by atoms with Crippen LogP contribution in [0.15, 0.2) is 18.3 Å². The second-order valence-corrected chi connectivity index (χ2v) is 8.20. The number of nitrogens with zero attached hydrogens (tertiary/aromatic N) is 2. The molecule has 142 valence electrons. The minimum absolute atomic E-state index is 0.0560. The number of amides is 2. The molecule has 1 aliphatic rings. The SMILES string of the molecule is CC#CC(=O)NCC1CCC(c2c(C(=O)N(C)C)sc3ncccc23)CC1. The molecule has 0 saturated heterocycles. The molecule has 1 N–H and O–H groups in total. The normalized spacial score (nSPS) is 19.2. The standard InChI is InChI=1S/C21H25N3O2S/c1-4-6-17(25)23-13-14-8-10-15(11-9-14)18-16-7-5-12-22-20(16)27-19(18)21(26)24(2)3/h5,7,12,14-15H,8-11,13H2,1-3H3,(H,23,25). The Kier molecular flexibility index (Phi) is 6.12. The molecule has 2 amide bonds. The first-order valence-corrected chi connectivity index (χ1v) is 10.1. The van der Waals surface area contributed by atoms with Gasteiger partial charge in [-0.1, -0.05) is 12.0 Å². The highest BCUT2D eigenvalue weighted by Crippen LogP contribution is 2.43. The van der Waals surface area contributed by atoms with Crippen molar-refractivity contribution in [3.63, 3.8) is 0 Å². The largest absolute Gasteiger partial charge is 0.345 e. The molecule has 0 bridgehead atoms. The number of carbonyl (C=O) groups excluding carboxylic acids is 2. The van der Waals surface area contributed by atoms with Crippen molar-refractivity contribution in [3.05, 3.63) is 28.8 Å². The van der Waals surface area contributed by atoms with Gasteiger partial charge in [0.1, 0.15) is 4.83 Å². The molecule has 1 aliphatic carbocycles. The van der Waals surface area contributed by atoms with Crippen LogP contribution in [0.5, 0.6) is 0 Å². The molecule has 2 heterocycles. The van der Waals surface area contributed by atoms with Gasteiger partial charge in [0.05, 0.1) is 4.88 Å². The summed E-state index contributed by atoms with van der Waals surface area (Å²) in [5.41, 5.74) is 1.17.